The Morgan fingerprint density at radius 3 is 2.33 bits per heavy atom. The van der Waals surface area contributed by atoms with Gasteiger partial charge >= 0.3 is 0 Å². The van der Waals surface area contributed by atoms with E-state index in [1.54, 1.807) is 5.56 Å². The highest BCUT2D eigenvalue weighted by molar-refractivity contribution is 5.20. The standard InChI is InChI=1S/C17H27N/c1-3-4-14-18(2)17-12-10-16(11-13-17)15-8-6-5-7-9-15/h5-9,16-17H,3-4,10-14H2,1-2H3. The highest BCUT2D eigenvalue weighted by Gasteiger charge is 2.24. The normalized spacial score (nSPS) is 24.4. The van der Waals surface area contributed by atoms with E-state index in [9.17, 15) is 0 Å². The second kappa shape index (κ2) is 6.94. The van der Waals surface area contributed by atoms with Crippen molar-refractivity contribution in [3.05, 3.63) is 35.9 Å². The van der Waals surface area contributed by atoms with Crippen LogP contribution in [0.2, 0.25) is 0 Å². The van der Waals surface area contributed by atoms with Crippen molar-refractivity contribution in [1.29, 1.82) is 0 Å². The summed E-state index contributed by atoms with van der Waals surface area (Å²) in [5.74, 6) is 0.807. The second-order valence-corrected chi connectivity index (χ2v) is 5.75. The van der Waals surface area contributed by atoms with E-state index >= 15 is 0 Å². The molecular weight excluding hydrogens is 218 g/mol. The molecule has 18 heavy (non-hydrogen) atoms. The van der Waals surface area contributed by atoms with Crippen molar-refractivity contribution in [3.63, 3.8) is 0 Å². The van der Waals surface area contributed by atoms with Crippen LogP contribution < -0.4 is 0 Å². The van der Waals surface area contributed by atoms with Gasteiger partial charge in [0.1, 0.15) is 0 Å². The number of unbranched alkanes of at least 4 members (excludes halogenated alkanes) is 1. The molecular formula is C17H27N. The van der Waals surface area contributed by atoms with E-state index in [2.05, 4.69) is 49.2 Å². The average molecular weight is 245 g/mol. The third-order valence-corrected chi connectivity index (χ3v) is 4.46. The first-order valence-corrected chi connectivity index (χ1v) is 7.56. The first-order chi connectivity index (χ1) is 8.81. The fourth-order valence-corrected chi connectivity index (χ4v) is 3.17. The second-order valence-electron chi connectivity index (χ2n) is 5.75. The predicted molar refractivity (Wildman–Crippen MR) is 79.0 cm³/mol. The van der Waals surface area contributed by atoms with Crippen molar-refractivity contribution in [2.75, 3.05) is 13.6 Å². The van der Waals surface area contributed by atoms with Gasteiger partial charge in [0.15, 0.2) is 0 Å². The quantitative estimate of drug-likeness (QED) is 0.741. The molecule has 0 spiro atoms. The fourth-order valence-electron chi connectivity index (χ4n) is 3.17. The summed E-state index contributed by atoms with van der Waals surface area (Å²) < 4.78 is 0. The Morgan fingerprint density at radius 2 is 1.72 bits per heavy atom. The minimum Gasteiger partial charge on any atom is -0.303 e. The molecule has 1 aliphatic rings. The number of nitrogens with zero attached hydrogens (tertiary/aromatic N) is 1. The summed E-state index contributed by atoms with van der Waals surface area (Å²) in [6, 6.07) is 11.9. The maximum Gasteiger partial charge on any atom is 0.00926 e. The van der Waals surface area contributed by atoms with Crippen molar-refractivity contribution in [2.24, 2.45) is 0 Å². The zero-order valence-corrected chi connectivity index (χ0v) is 11.9. The fraction of sp³-hybridized carbons (Fsp3) is 0.647. The van der Waals surface area contributed by atoms with Gasteiger partial charge in [0.05, 0.1) is 0 Å². The smallest absolute Gasteiger partial charge is 0.00926 e. The molecule has 0 heterocycles. The number of hydrogen-bond acceptors (Lipinski definition) is 1. The van der Waals surface area contributed by atoms with Gasteiger partial charge in [-0.25, -0.2) is 0 Å². The molecule has 0 aromatic heterocycles. The Balaban J connectivity index is 1.81. The van der Waals surface area contributed by atoms with Gasteiger partial charge in [0.25, 0.3) is 0 Å². The third-order valence-electron chi connectivity index (χ3n) is 4.46. The maximum atomic E-state index is 2.59. The molecule has 1 fully saturated rings. The Labute approximate surface area is 112 Å². The summed E-state index contributed by atoms with van der Waals surface area (Å²) in [6.07, 6.45) is 8.13. The first-order valence-electron chi connectivity index (χ1n) is 7.56. The van der Waals surface area contributed by atoms with E-state index in [1.165, 1.54) is 45.1 Å². The highest BCUT2D eigenvalue weighted by Crippen LogP contribution is 2.34. The Morgan fingerprint density at radius 1 is 1.06 bits per heavy atom. The molecule has 2 rings (SSSR count). The lowest BCUT2D eigenvalue weighted by molar-refractivity contribution is 0.180. The molecule has 0 N–H and O–H groups in total. The van der Waals surface area contributed by atoms with Gasteiger partial charge in [-0.1, -0.05) is 43.7 Å². The van der Waals surface area contributed by atoms with Crippen molar-refractivity contribution >= 4 is 0 Å². The molecule has 0 saturated heterocycles. The monoisotopic (exact) mass is 245 g/mol. The molecule has 0 amide bonds. The van der Waals surface area contributed by atoms with E-state index in [4.69, 9.17) is 0 Å². The minimum atomic E-state index is 0.807. The molecule has 1 aromatic carbocycles. The van der Waals surface area contributed by atoms with Gasteiger partial charge in [-0.05, 0) is 57.2 Å². The van der Waals surface area contributed by atoms with Crippen LogP contribution in [0.25, 0.3) is 0 Å². The topological polar surface area (TPSA) is 3.24 Å². The molecule has 1 aliphatic carbocycles. The molecule has 100 valence electrons. The summed E-state index contributed by atoms with van der Waals surface area (Å²) in [7, 11) is 2.31. The Bertz CT molecular complexity index is 325. The average Bonchev–Trinajstić information content (AvgIpc) is 2.46. The van der Waals surface area contributed by atoms with Gasteiger partial charge in [-0.3, -0.25) is 0 Å². The van der Waals surface area contributed by atoms with Crippen molar-refractivity contribution in [2.45, 2.75) is 57.4 Å². The van der Waals surface area contributed by atoms with E-state index in [-0.39, 0.29) is 0 Å². The van der Waals surface area contributed by atoms with E-state index < -0.39 is 0 Å². The van der Waals surface area contributed by atoms with Gasteiger partial charge < -0.3 is 4.90 Å². The molecule has 1 heteroatoms. The maximum absolute atomic E-state index is 2.59. The van der Waals surface area contributed by atoms with Crippen molar-refractivity contribution in [1.82, 2.24) is 4.90 Å². The van der Waals surface area contributed by atoms with Crippen LogP contribution >= 0.6 is 0 Å². The first kappa shape index (κ1) is 13.6. The van der Waals surface area contributed by atoms with E-state index in [0.29, 0.717) is 0 Å². The summed E-state index contributed by atoms with van der Waals surface area (Å²) in [6.45, 7) is 3.55. The summed E-state index contributed by atoms with van der Waals surface area (Å²) in [5, 5.41) is 0. The van der Waals surface area contributed by atoms with Crippen LogP contribution in [0, 0.1) is 0 Å². The molecule has 0 atom stereocenters. The Kier molecular flexibility index (Phi) is 5.25. The van der Waals surface area contributed by atoms with Crippen molar-refractivity contribution in [3.8, 4) is 0 Å². The van der Waals surface area contributed by atoms with E-state index in [0.717, 1.165) is 12.0 Å². The molecule has 0 bridgehead atoms. The zero-order chi connectivity index (χ0) is 12.8. The third kappa shape index (κ3) is 3.58. The number of benzene rings is 1. The lowest BCUT2D eigenvalue weighted by atomic mass is 9.81. The molecule has 1 aromatic rings. The Hall–Kier alpha value is -0.820. The van der Waals surface area contributed by atoms with Crippen molar-refractivity contribution < 1.29 is 0 Å². The molecule has 0 unspecified atom stereocenters. The van der Waals surface area contributed by atoms with Crippen LogP contribution in [-0.4, -0.2) is 24.5 Å². The number of hydrogen-bond donors (Lipinski definition) is 0. The lowest BCUT2D eigenvalue weighted by Crippen LogP contribution is -2.35. The van der Waals surface area contributed by atoms with Crippen LogP contribution in [0.5, 0.6) is 0 Å². The van der Waals surface area contributed by atoms with Gasteiger partial charge in [0, 0.05) is 6.04 Å². The zero-order valence-electron chi connectivity index (χ0n) is 11.9. The number of rotatable bonds is 5. The summed E-state index contributed by atoms with van der Waals surface area (Å²) in [4.78, 5) is 2.59. The largest absolute Gasteiger partial charge is 0.303 e. The minimum absolute atomic E-state index is 0.807. The van der Waals surface area contributed by atoms with Crippen LogP contribution in [0.4, 0.5) is 0 Å². The molecule has 0 aliphatic heterocycles. The van der Waals surface area contributed by atoms with Gasteiger partial charge in [0.2, 0.25) is 0 Å². The van der Waals surface area contributed by atoms with Crippen LogP contribution in [0.1, 0.15) is 56.9 Å². The van der Waals surface area contributed by atoms with Crippen LogP contribution in [0.3, 0.4) is 0 Å². The van der Waals surface area contributed by atoms with E-state index in [1.807, 2.05) is 0 Å². The summed E-state index contributed by atoms with van der Waals surface area (Å²) >= 11 is 0. The van der Waals surface area contributed by atoms with Gasteiger partial charge in [-0.15, -0.1) is 0 Å². The van der Waals surface area contributed by atoms with Gasteiger partial charge in [-0.2, -0.15) is 0 Å². The SMILES string of the molecule is CCCCN(C)C1CCC(c2ccccc2)CC1. The predicted octanol–water partition coefficient (Wildman–Crippen LogP) is 4.44. The molecule has 0 radical (unpaired) electrons. The highest BCUT2D eigenvalue weighted by atomic mass is 15.1. The molecule has 1 saturated carbocycles. The van der Waals surface area contributed by atoms with Crippen LogP contribution in [-0.2, 0) is 0 Å². The van der Waals surface area contributed by atoms with Crippen LogP contribution in [0.15, 0.2) is 30.3 Å². The molecule has 1 nitrogen and oxygen atoms in total. The lowest BCUT2D eigenvalue weighted by Gasteiger charge is -2.35. The summed E-state index contributed by atoms with van der Waals surface area (Å²) in [5.41, 5.74) is 1.55.